The molecule has 3 aromatic rings. The predicted molar refractivity (Wildman–Crippen MR) is 114 cm³/mol. The quantitative estimate of drug-likeness (QED) is 0.594. The van der Waals surface area contributed by atoms with Crippen molar-refractivity contribution in [2.24, 2.45) is 7.05 Å². The number of halogens is 1. The molecule has 29 heavy (non-hydrogen) atoms. The topological polar surface area (TPSA) is 101 Å². The minimum absolute atomic E-state index is 0.0177. The number of anilines is 2. The monoisotopic (exact) mass is 411 g/mol. The zero-order valence-corrected chi connectivity index (χ0v) is 17.2. The fraction of sp³-hybridized carbons (Fsp3) is 0.300. The van der Waals surface area contributed by atoms with Crippen LogP contribution < -0.4 is 10.6 Å². The van der Waals surface area contributed by atoms with E-state index in [1.807, 2.05) is 45.2 Å². The number of aromatic nitrogens is 5. The standard InChI is InChI=1S/C20H22ClN7O/c1-11(2)23-19(29)13-6-4-12(5-7-13)18-25-20(28(3)27-18)24-16-9-8-15-14(17(16)21)10-22-26-15/h4,6,8-11H,5,7H2,1-3H3,(H,22,26)(H,23,29)(H,24,25,27). The van der Waals surface area contributed by atoms with Crippen LogP contribution in [0.15, 0.2) is 36.1 Å². The van der Waals surface area contributed by atoms with E-state index in [0.717, 1.165) is 27.7 Å². The lowest BCUT2D eigenvalue weighted by molar-refractivity contribution is -0.118. The Hall–Kier alpha value is -3.13. The van der Waals surface area contributed by atoms with Crippen LogP contribution in [0.4, 0.5) is 11.6 Å². The Morgan fingerprint density at radius 3 is 2.83 bits per heavy atom. The molecule has 1 aliphatic rings. The third kappa shape index (κ3) is 3.88. The lowest BCUT2D eigenvalue weighted by Gasteiger charge is -2.14. The number of aromatic amines is 1. The largest absolute Gasteiger partial charge is 0.350 e. The van der Waals surface area contributed by atoms with Crippen molar-refractivity contribution >= 4 is 45.6 Å². The molecule has 0 spiro atoms. The summed E-state index contributed by atoms with van der Waals surface area (Å²) in [4.78, 5) is 16.8. The fourth-order valence-corrected chi connectivity index (χ4v) is 3.46. The van der Waals surface area contributed by atoms with Crippen molar-refractivity contribution in [1.29, 1.82) is 0 Å². The second-order valence-electron chi connectivity index (χ2n) is 7.28. The van der Waals surface area contributed by atoms with E-state index in [2.05, 4.69) is 30.9 Å². The van der Waals surface area contributed by atoms with Gasteiger partial charge >= 0.3 is 0 Å². The van der Waals surface area contributed by atoms with Gasteiger partial charge in [0.1, 0.15) is 0 Å². The third-order valence-electron chi connectivity index (χ3n) is 4.72. The van der Waals surface area contributed by atoms with Crippen molar-refractivity contribution in [2.75, 3.05) is 5.32 Å². The van der Waals surface area contributed by atoms with Crippen LogP contribution in [0.3, 0.4) is 0 Å². The minimum atomic E-state index is -0.0177. The molecule has 2 aromatic heterocycles. The first-order valence-electron chi connectivity index (χ1n) is 9.43. The molecule has 0 saturated carbocycles. The molecule has 0 atom stereocenters. The van der Waals surface area contributed by atoms with Gasteiger partial charge in [0.25, 0.3) is 0 Å². The molecule has 0 radical (unpaired) electrons. The summed E-state index contributed by atoms with van der Waals surface area (Å²) in [5, 5.41) is 19.0. The molecule has 150 valence electrons. The Morgan fingerprint density at radius 1 is 1.28 bits per heavy atom. The van der Waals surface area contributed by atoms with Gasteiger partial charge < -0.3 is 10.6 Å². The smallest absolute Gasteiger partial charge is 0.247 e. The maximum atomic E-state index is 12.1. The fourth-order valence-electron chi connectivity index (χ4n) is 3.20. The van der Waals surface area contributed by atoms with E-state index in [1.165, 1.54) is 0 Å². The van der Waals surface area contributed by atoms with Crippen LogP contribution in [-0.2, 0) is 11.8 Å². The molecule has 2 heterocycles. The number of carbonyl (C=O) groups is 1. The maximum absolute atomic E-state index is 12.1. The van der Waals surface area contributed by atoms with E-state index in [0.29, 0.717) is 29.6 Å². The first-order valence-corrected chi connectivity index (χ1v) is 9.81. The molecule has 0 aliphatic heterocycles. The summed E-state index contributed by atoms with van der Waals surface area (Å²) in [5.41, 5.74) is 3.37. The first kappa shape index (κ1) is 19.2. The zero-order valence-electron chi connectivity index (χ0n) is 16.5. The van der Waals surface area contributed by atoms with Gasteiger partial charge in [-0.3, -0.25) is 9.89 Å². The van der Waals surface area contributed by atoms with E-state index in [1.54, 1.807) is 10.9 Å². The summed E-state index contributed by atoms with van der Waals surface area (Å²) < 4.78 is 1.68. The average Bonchev–Trinajstić information content (AvgIpc) is 3.31. The van der Waals surface area contributed by atoms with Gasteiger partial charge in [-0.15, -0.1) is 5.10 Å². The van der Waals surface area contributed by atoms with E-state index in [-0.39, 0.29) is 11.9 Å². The number of fused-ring (bicyclic) bond motifs is 1. The highest BCUT2D eigenvalue weighted by molar-refractivity contribution is 6.38. The summed E-state index contributed by atoms with van der Waals surface area (Å²) in [6.07, 6.45) is 6.83. The van der Waals surface area contributed by atoms with Gasteiger partial charge in [0.05, 0.1) is 22.4 Å². The molecule has 9 heteroatoms. The number of carbonyl (C=O) groups excluding carboxylic acids is 1. The van der Waals surface area contributed by atoms with Crippen molar-refractivity contribution < 1.29 is 4.79 Å². The van der Waals surface area contributed by atoms with Gasteiger partial charge in [0.2, 0.25) is 11.9 Å². The number of nitrogens with zero attached hydrogens (tertiary/aromatic N) is 4. The molecule has 1 aromatic carbocycles. The number of allylic oxidation sites excluding steroid dienone is 3. The maximum Gasteiger partial charge on any atom is 0.247 e. The third-order valence-corrected chi connectivity index (χ3v) is 5.12. The molecule has 1 amide bonds. The van der Waals surface area contributed by atoms with Gasteiger partial charge in [-0.05, 0) is 44.4 Å². The SMILES string of the molecule is CC(C)NC(=O)C1=CC=C(c2nc(Nc3ccc4[nH]ncc4c3Cl)n(C)n2)CC1. The Kier molecular flexibility index (Phi) is 5.10. The summed E-state index contributed by atoms with van der Waals surface area (Å²) in [6.45, 7) is 3.90. The van der Waals surface area contributed by atoms with E-state index in [9.17, 15) is 4.79 Å². The van der Waals surface area contributed by atoms with Crippen LogP contribution in [0.5, 0.6) is 0 Å². The van der Waals surface area contributed by atoms with Gasteiger partial charge in [-0.2, -0.15) is 10.1 Å². The second kappa shape index (κ2) is 7.71. The molecular formula is C20H22ClN7O. The number of rotatable bonds is 5. The first-order chi connectivity index (χ1) is 13.9. The van der Waals surface area contributed by atoms with E-state index in [4.69, 9.17) is 11.6 Å². The van der Waals surface area contributed by atoms with Crippen molar-refractivity contribution in [1.82, 2.24) is 30.3 Å². The molecule has 4 rings (SSSR count). The number of hydrogen-bond acceptors (Lipinski definition) is 5. The van der Waals surface area contributed by atoms with Crippen LogP contribution in [0.1, 0.15) is 32.5 Å². The predicted octanol–water partition coefficient (Wildman–Crippen LogP) is 3.72. The van der Waals surface area contributed by atoms with Crippen LogP contribution in [0.2, 0.25) is 5.02 Å². The Labute approximate surface area is 173 Å². The molecule has 3 N–H and O–H groups in total. The highest BCUT2D eigenvalue weighted by Crippen LogP contribution is 2.32. The van der Waals surface area contributed by atoms with Crippen molar-refractivity contribution in [2.45, 2.75) is 32.7 Å². The number of H-pyrrole nitrogens is 1. The number of amides is 1. The Balaban J connectivity index is 1.55. The average molecular weight is 412 g/mol. The summed E-state index contributed by atoms with van der Waals surface area (Å²) in [5.74, 6) is 1.20. The normalized spacial score (nSPS) is 14.1. The molecule has 0 bridgehead atoms. The second-order valence-corrected chi connectivity index (χ2v) is 7.66. The van der Waals surface area contributed by atoms with Crippen LogP contribution in [-0.4, -0.2) is 36.9 Å². The summed E-state index contributed by atoms with van der Waals surface area (Å²) in [6, 6.07) is 3.90. The lowest BCUT2D eigenvalue weighted by atomic mass is 9.97. The zero-order chi connectivity index (χ0) is 20.5. The number of aryl methyl sites for hydroxylation is 1. The summed E-state index contributed by atoms with van der Waals surface area (Å²) >= 11 is 6.49. The molecule has 0 saturated heterocycles. The summed E-state index contributed by atoms with van der Waals surface area (Å²) in [7, 11) is 1.82. The molecule has 1 aliphatic carbocycles. The van der Waals surface area contributed by atoms with Crippen LogP contribution in [0.25, 0.3) is 16.5 Å². The van der Waals surface area contributed by atoms with Gasteiger partial charge in [0.15, 0.2) is 5.82 Å². The van der Waals surface area contributed by atoms with Crippen molar-refractivity contribution in [3.05, 3.63) is 46.9 Å². The molecule has 8 nitrogen and oxygen atoms in total. The van der Waals surface area contributed by atoms with E-state index >= 15 is 0 Å². The van der Waals surface area contributed by atoms with Crippen molar-refractivity contribution in [3.63, 3.8) is 0 Å². The van der Waals surface area contributed by atoms with Gasteiger partial charge in [-0.25, -0.2) is 4.68 Å². The van der Waals surface area contributed by atoms with Crippen molar-refractivity contribution in [3.8, 4) is 0 Å². The highest BCUT2D eigenvalue weighted by atomic mass is 35.5. The van der Waals surface area contributed by atoms with Crippen LogP contribution in [0, 0.1) is 0 Å². The Bertz CT molecular complexity index is 1140. The van der Waals surface area contributed by atoms with Gasteiger partial charge in [-0.1, -0.05) is 23.8 Å². The number of nitrogens with one attached hydrogen (secondary N) is 3. The highest BCUT2D eigenvalue weighted by Gasteiger charge is 2.19. The molecule has 0 fully saturated rings. The lowest BCUT2D eigenvalue weighted by Crippen LogP contribution is -2.31. The van der Waals surface area contributed by atoms with Gasteiger partial charge in [0, 0.05) is 24.0 Å². The Morgan fingerprint density at radius 2 is 2.10 bits per heavy atom. The number of hydrogen-bond donors (Lipinski definition) is 3. The molecular weight excluding hydrogens is 390 g/mol. The number of benzene rings is 1. The minimum Gasteiger partial charge on any atom is -0.350 e. The van der Waals surface area contributed by atoms with E-state index < -0.39 is 0 Å². The molecule has 0 unspecified atom stereocenters. The van der Waals surface area contributed by atoms with Crippen LogP contribution >= 0.6 is 11.6 Å².